The van der Waals surface area contributed by atoms with Gasteiger partial charge in [-0.25, -0.2) is 0 Å². The number of fused-ring (bicyclic) bond motifs is 1. The average molecular weight is 216 g/mol. The number of rotatable bonds is 2. The Kier molecular flexibility index (Phi) is 1.77. The van der Waals surface area contributed by atoms with E-state index in [1.165, 1.54) is 0 Å². The fourth-order valence-corrected chi connectivity index (χ4v) is 2.10. The lowest BCUT2D eigenvalue weighted by atomic mass is 10.1. The molecule has 5 nitrogen and oxygen atoms in total. The van der Waals surface area contributed by atoms with Gasteiger partial charge in [0.25, 0.3) is 0 Å². The second kappa shape index (κ2) is 3.04. The highest BCUT2D eigenvalue weighted by Crippen LogP contribution is 2.43. The SMILES string of the molecule is NC(=O)C1(N2C=Cc3nccnc3C2)CC1. The minimum absolute atomic E-state index is 0.246. The third-order valence-electron chi connectivity index (χ3n) is 3.27. The fourth-order valence-electron chi connectivity index (χ4n) is 2.10. The van der Waals surface area contributed by atoms with E-state index in [-0.39, 0.29) is 5.91 Å². The van der Waals surface area contributed by atoms with Crippen LogP contribution < -0.4 is 5.73 Å². The van der Waals surface area contributed by atoms with E-state index in [1.54, 1.807) is 12.4 Å². The van der Waals surface area contributed by atoms with Gasteiger partial charge in [0.2, 0.25) is 5.91 Å². The largest absolute Gasteiger partial charge is 0.368 e. The Hall–Kier alpha value is -1.91. The molecule has 1 aromatic rings. The quantitative estimate of drug-likeness (QED) is 0.770. The molecule has 0 spiro atoms. The van der Waals surface area contributed by atoms with Gasteiger partial charge in [-0.15, -0.1) is 0 Å². The van der Waals surface area contributed by atoms with Crippen LogP contribution in [-0.2, 0) is 11.3 Å². The molecule has 2 N–H and O–H groups in total. The lowest BCUT2D eigenvalue weighted by molar-refractivity contribution is -0.123. The number of carbonyl (C=O) groups excluding carboxylic acids is 1. The van der Waals surface area contributed by atoms with E-state index < -0.39 is 5.54 Å². The maximum absolute atomic E-state index is 11.4. The van der Waals surface area contributed by atoms with Gasteiger partial charge < -0.3 is 10.6 Å². The molecule has 0 unspecified atom stereocenters. The molecule has 2 heterocycles. The highest BCUT2D eigenvalue weighted by atomic mass is 16.2. The van der Waals surface area contributed by atoms with E-state index in [9.17, 15) is 4.79 Å². The van der Waals surface area contributed by atoms with Crippen LogP contribution in [-0.4, -0.2) is 26.3 Å². The summed E-state index contributed by atoms with van der Waals surface area (Å²) in [5, 5.41) is 0. The molecular weight excluding hydrogens is 204 g/mol. The van der Waals surface area contributed by atoms with E-state index in [2.05, 4.69) is 9.97 Å². The van der Waals surface area contributed by atoms with E-state index in [1.807, 2.05) is 17.2 Å². The minimum atomic E-state index is -0.467. The number of amides is 1. The van der Waals surface area contributed by atoms with Gasteiger partial charge in [0.05, 0.1) is 17.9 Å². The van der Waals surface area contributed by atoms with Crippen molar-refractivity contribution in [3.05, 3.63) is 30.0 Å². The first-order valence-electron chi connectivity index (χ1n) is 5.27. The monoisotopic (exact) mass is 216 g/mol. The van der Waals surface area contributed by atoms with Gasteiger partial charge in [-0.05, 0) is 18.9 Å². The first-order chi connectivity index (χ1) is 7.72. The molecule has 1 aliphatic carbocycles. The van der Waals surface area contributed by atoms with Gasteiger partial charge in [-0.3, -0.25) is 14.8 Å². The van der Waals surface area contributed by atoms with Crippen molar-refractivity contribution in [2.45, 2.75) is 24.9 Å². The van der Waals surface area contributed by atoms with E-state index in [0.717, 1.165) is 24.2 Å². The van der Waals surface area contributed by atoms with Crippen molar-refractivity contribution in [1.29, 1.82) is 0 Å². The molecule has 3 rings (SSSR count). The molecule has 1 saturated carbocycles. The van der Waals surface area contributed by atoms with E-state index in [4.69, 9.17) is 5.73 Å². The van der Waals surface area contributed by atoms with Gasteiger partial charge in [-0.1, -0.05) is 0 Å². The van der Waals surface area contributed by atoms with Crippen molar-refractivity contribution >= 4 is 12.0 Å². The van der Waals surface area contributed by atoms with Gasteiger partial charge in [-0.2, -0.15) is 0 Å². The van der Waals surface area contributed by atoms with E-state index >= 15 is 0 Å². The predicted molar refractivity (Wildman–Crippen MR) is 57.8 cm³/mol. The number of hydrogen-bond donors (Lipinski definition) is 1. The molecule has 2 aliphatic rings. The van der Waals surface area contributed by atoms with Crippen molar-refractivity contribution in [1.82, 2.24) is 14.9 Å². The second-order valence-corrected chi connectivity index (χ2v) is 4.23. The zero-order chi connectivity index (χ0) is 11.2. The molecule has 0 saturated heterocycles. The predicted octanol–water partition coefficient (Wildman–Crippen LogP) is 0.281. The molecular formula is C11H12N4O. The minimum Gasteiger partial charge on any atom is -0.368 e. The van der Waals surface area contributed by atoms with Gasteiger partial charge in [0, 0.05) is 18.6 Å². The number of aromatic nitrogens is 2. The Morgan fingerprint density at radius 1 is 1.38 bits per heavy atom. The smallest absolute Gasteiger partial charge is 0.243 e. The Labute approximate surface area is 93.0 Å². The van der Waals surface area contributed by atoms with Crippen LogP contribution in [0.2, 0.25) is 0 Å². The molecule has 16 heavy (non-hydrogen) atoms. The summed E-state index contributed by atoms with van der Waals surface area (Å²) in [6.07, 6.45) is 8.79. The highest BCUT2D eigenvalue weighted by Gasteiger charge is 2.53. The van der Waals surface area contributed by atoms with Crippen LogP contribution in [0.15, 0.2) is 18.6 Å². The van der Waals surface area contributed by atoms with Crippen molar-refractivity contribution < 1.29 is 4.79 Å². The van der Waals surface area contributed by atoms with Crippen molar-refractivity contribution in [2.24, 2.45) is 5.73 Å². The Morgan fingerprint density at radius 2 is 2.12 bits per heavy atom. The number of nitrogens with zero attached hydrogens (tertiary/aromatic N) is 3. The Morgan fingerprint density at radius 3 is 2.81 bits per heavy atom. The van der Waals surface area contributed by atoms with Crippen LogP contribution in [0.3, 0.4) is 0 Å². The van der Waals surface area contributed by atoms with Crippen molar-refractivity contribution in [3.8, 4) is 0 Å². The van der Waals surface area contributed by atoms with Crippen molar-refractivity contribution in [3.63, 3.8) is 0 Å². The van der Waals surface area contributed by atoms with Gasteiger partial charge in [0.15, 0.2) is 0 Å². The normalized spacial score (nSPS) is 20.4. The third kappa shape index (κ3) is 1.21. The molecule has 0 bridgehead atoms. The number of primary amides is 1. The van der Waals surface area contributed by atoms with Crippen LogP contribution in [0.4, 0.5) is 0 Å². The standard InChI is InChI=1S/C11H12N4O/c12-10(16)11(2-3-11)15-6-1-8-9(7-15)14-5-4-13-8/h1,4-6H,2-3,7H2,(H2,12,16). The number of hydrogen-bond acceptors (Lipinski definition) is 4. The van der Waals surface area contributed by atoms with Crippen LogP contribution in [0.25, 0.3) is 6.08 Å². The Balaban J connectivity index is 1.92. The molecule has 0 aromatic carbocycles. The van der Waals surface area contributed by atoms with E-state index in [0.29, 0.717) is 6.54 Å². The third-order valence-corrected chi connectivity index (χ3v) is 3.27. The summed E-state index contributed by atoms with van der Waals surface area (Å²) < 4.78 is 0. The van der Waals surface area contributed by atoms with Crippen molar-refractivity contribution in [2.75, 3.05) is 0 Å². The number of carbonyl (C=O) groups is 1. The summed E-state index contributed by atoms with van der Waals surface area (Å²) in [5.74, 6) is -0.246. The molecule has 1 fully saturated rings. The van der Waals surface area contributed by atoms with Crippen LogP contribution in [0.5, 0.6) is 0 Å². The number of nitrogens with two attached hydrogens (primary N) is 1. The maximum Gasteiger partial charge on any atom is 0.243 e. The first-order valence-corrected chi connectivity index (χ1v) is 5.27. The molecule has 5 heteroatoms. The molecule has 0 atom stereocenters. The zero-order valence-electron chi connectivity index (χ0n) is 8.76. The summed E-state index contributed by atoms with van der Waals surface area (Å²) in [6, 6.07) is 0. The summed E-state index contributed by atoms with van der Waals surface area (Å²) >= 11 is 0. The maximum atomic E-state index is 11.4. The summed E-state index contributed by atoms with van der Waals surface area (Å²) in [7, 11) is 0. The lowest BCUT2D eigenvalue weighted by Gasteiger charge is -2.30. The Bertz CT molecular complexity index is 479. The highest BCUT2D eigenvalue weighted by molar-refractivity contribution is 5.88. The van der Waals surface area contributed by atoms with Crippen LogP contribution >= 0.6 is 0 Å². The van der Waals surface area contributed by atoms with Crippen LogP contribution in [0, 0.1) is 0 Å². The topological polar surface area (TPSA) is 72.1 Å². The summed E-state index contributed by atoms with van der Waals surface area (Å²) in [6.45, 7) is 0.614. The first kappa shape index (κ1) is 9.33. The lowest BCUT2D eigenvalue weighted by Crippen LogP contribution is -2.44. The molecule has 1 aromatic heterocycles. The molecule has 1 aliphatic heterocycles. The summed E-state index contributed by atoms with van der Waals surface area (Å²) in [5.41, 5.74) is 6.74. The molecule has 0 radical (unpaired) electrons. The molecule has 1 amide bonds. The average Bonchev–Trinajstić information content (AvgIpc) is 3.09. The van der Waals surface area contributed by atoms with Gasteiger partial charge >= 0.3 is 0 Å². The zero-order valence-corrected chi connectivity index (χ0v) is 8.76. The second-order valence-electron chi connectivity index (χ2n) is 4.23. The van der Waals surface area contributed by atoms with Gasteiger partial charge in [0.1, 0.15) is 5.54 Å². The summed E-state index contributed by atoms with van der Waals surface area (Å²) in [4.78, 5) is 21.9. The van der Waals surface area contributed by atoms with Crippen LogP contribution in [0.1, 0.15) is 24.2 Å². The molecule has 82 valence electrons. The fraction of sp³-hybridized carbons (Fsp3) is 0.364.